The molecule has 6 heteroatoms. The van der Waals surface area contributed by atoms with E-state index in [4.69, 9.17) is 14.9 Å². The van der Waals surface area contributed by atoms with E-state index in [9.17, 15) is 10.2 Å². The third-order valence-corrected chi connectivity index (χ3v) is 2.62. The Morgan fingerprint density at radius 2 is 1.83 bits per heavy atom. The van der Waals surface area contributed by atoms with Crippen LogP contribution in [-0.4, -0.2) is 50.0 Å². The van der Waals surface area contributed by atoms with E-state index >= 15 is 0 Å². The van der Waals surface area contributed by atoms with Crippen LogP contribution in [0.3, 0.4) is 0 Å². The molecule has 0 aromatic rings. The van der Waals surface area contributed by atoms with Crippen molar-refractivity contribution in [3.05, 3.63) is 0 Å². The molecule has 72 valence electrons. The van der Waals surface area contributed by atoms with Gasteiger partial charge in [0.15, 0.2) is 11.2 Å². The van der Waals surface area contributed by atoms with E-state index in [1.54, 1.807) is 0 Å². The average Bonchev–Trinajstić information content (AvgIpc) is 1.99. The lowest BCUT2D eigenvalue weighted by Crippen LogP contribution is -2.62. The van der Waals surface area contributed by atoms with Gasteiger partial charge in [0.25, 0.3) is 0 Å². The van der Waals surface area contributed by atoms with Crippen LogP contribution in [0.25, 0.3) is 0 Å². The summed E-state index contributed by atoms with van der Waals surface area (Å²) in [7, 11) is 0. The molecule has 12 heavy (non-hydrogen) atoms. The average molecular weight is 196 g/mol. The van der Waals surface area contributed by atoms with Crippen LogP contribution in [0.5, 0.6) is 0 Å². The van der Waals surface area contributed by atoms with E-state index in [1.807, 2.05) is 0 Å². The predicted octanol–water partition coefficient (Wildman–Crippen LogP) is -1.94. The highest BCUT2D eigenvalue weighted by atomic mass is 32.1. The standard InChI is InChI=1S/C6H12O5S/c1-2-6(10,12)4(8)3(7)5(9)11-2/h2-5,7-10,12H,1H3. The lowest BCUT2D eigenvalue weighted by Gasteiger charge is -2.42. The van der Waals surface area contributed by atoms with Crippen molar-refractivity contribution in [1.29, 1.82) is 0 Å². The van der Waals surface area contributed by atoms with Crippen molar-refractivity contribution in [2.45, 2.75) is 36.5 Å². The number of aliphatic hydroxyl groups is 4. The van der Waals surface area contributed by atoms with Gasteiger partial charge in [-0.1, -0.05) is 0 Å². The van der Waals surface area contributed by atoms with Crippen LogP contribution in [0.2, 0.25) is 0 Å². The van der Waals surface area contributed by atoms with Gasteiger partial charge < -0.3 is 25.2 Å². The quantitative estimate of drug-likeness (QED) is 0.230. The summed E-state index contributed by atoms with van der Waals surface area (Å²) in [5.41, 5.74) is 0. The van der Waals surface area contributed by atoms with Crippen molar-refractivity contribution in [3.63, 3.8) is 0 Å². The second-order valence-electron chi connectivity index (χ2n) is 2.89. The van der Waals surface area contributed by atoms with Gasteiger partial charge in [-0.25, -0.2) is 0 Å². The van der Waals surface area contributed by atoms with Crippen molar-refractivity contribution in [1.82, 2.24) is 0 Å². The minimum atomic E-state index is -1.83. The Bertz CT molecular complexity index is 173. The molecule has 5 atom stereocenters. The third-order valence-electron chi connectivity index (χ3n) is 1.99. The first-order valence-corrected chi connectivity index (χ1v) is 3.96. The van der Waals surface area contributed by atoms with Gasteiger partial charge in [-0.2, -0.15) is 0 Å². The fourth-order valence-corrected chi connectivity index (χ4v) is 1.25. The van der Waals surface area contributed by atoms with Crippen LogP contribution >= 0.6 is 12.6 Å². The van der Waals surface area contributed by atoms with E-state index in [2.05, 4.69) is 12.6 Å². The molecule has 0 radical (unpaired) electrons. The molecule has 1 rings (SSSR count). The molecule has 1 aliphatic rings. The Morgan fingerprint density at radius 3 is 2.33 bits per heavy atom. The Kier molecular flexibility index (Phi) is 2.67. The summed E-state index contributed by atoms with van der Waals surface area (Å²) in [4.78, 5) is -1.83. The Hall–Kier alpha value is 0.150. The molecule has 0 saturated carbocycles. The molecule has 1 fully saturated rings. The van der Waals surface area contributed by atoms with E-state index < -0.39 is 29.5 Å². The van der Waals surface area contributed by atoms with Crippen molar-refractivity contribution >= 4 is 12.6 Å². The lowest BCUT2D eigenvalue weighted by atomic mass is 9.99. The fraction of sp³-hybridized carbons (Fsp3) is 1.00. The highest BCUT2D eigenvalue weighted by Crippen LogP contribution is 2.31. The molecular formula is C6H12O5S. The van der Waals surface area contributed by atoms with Gasteiger partial charge in [-0.15, -0.1) is 12.6 Å². The molecule has 0 spiro atoms. The first-order valence-electron chi connectivity index (χ1n) is 3.51. The van der Waals surface area contributed by atoms with Gasteiger partial charge in [0, 0.05) is 0 Å². The van der Waals surface area contributed by atoms with Crippen molar-refractivity contribution in [3.8, 4) is 0 Å². The first-order chi connectivity index (χ1) is 5.37. The van der Waals surface area contributed by atoms with E-state index in [1.165, 1.54) is 6.92 Å². The normalized spacial score (nSPS) is 55.5. The molecule has 1 aliphatic heterocycles. The zero-order valence-corrected chi connectivity index (χ0v) is 7.35. The molecule has 0 aliphatic carbocycles. The third kappa shape index (κ3) is 1.46. The molecular weight excluding hydrogens is 184 g/mol. The number of thiol groups is 1. The highest BCUT2D eigenvalue weighted by Gasteiger charge is 2.50. The Labute approximate surface area is 75.0 Å². The summed E-state index contributed by atoms with van der Waals surface area (Å²) in [6.07, 6.45) is -5.40. The summed E-state index contributed by atoms with van der Waals surface area (Å²) >= 11 is 3.72. The number of hydrogen-bond acceptors (Lipinski definition) is 6. The molecule has 0 amide bonds. The Balaban J connectivity index is 2.80. The molecule has 0 aromatic heterocycles. The topological polar surface area (TPSA) is 90.2 Å². The second kappa shape index (κ2) is 3.13. The van der Waals surface area contributed by atoms with Crippen LogP contribution in [0, 0.1) is 0 Å². The van der Waals surface area contributed by atoms with E-state index in [0.29, 0.717) is 0 Å². The second-order valence-corrected chi connectivity index (χ2v) is 3.60. The number of ether oxygens (including phenoxy) is 1. The molecule has 1 heterocycles. The maximum Gasteiger partial charge on any atom is 0.184 e. The fourth-order valence-electron chi connectivity index (χ4n) is 1.04. The maximum atomic E-state index is 9.42. The summed E-state index contributed by atoms with van der Waals surface area (Å²) in [5.74, 6) is 0. The summed E-state index contributed by atoms with van der Waals surface area (Å²) in [5, 5.41) is 36.7. The van der Waals surface area contributed by atoms with Crippen LogP contribution in [0.15, 0.2) is 0 Å². The van der Waals surface area contributed by atoms with Crippen LogP contribution in [-0.2, 0) is 4.74 Å². The van der Waals surface area contributed by atoms with Gasteiger partial charge in [0.2, 0.25) is 0 Å². The van der Waals surface area contributed by atoms with Gasteiger partial charge in [-0.05, 0) is 6.92 Å². The van der Waals surface area contributed by atoms with Gasteiger partial charge in [0.1, 0.15) is 12.2 Å². The van der Waals surface area contributed by atoms with Crippen LogP contribution < -0.4 is 0 Å². The molecule has 5 unspecified atom stereocenters. The smallest absolute Gasteiger partial charge is 0.184 e. The van der Waals surface area contributed by atoms with Gasteiger partial charge in [-0.3, -0.25) is 0 Å². The van der Waals surface area contributed by atoms with Crippen LogP contribution in [0.1, 0.15) is 6.92 Å². The highest BCUT2D eigenvalue weighted by molar-refractivity contribution is 7.81. The molecule has 4 N–H and O–H groups in total. The van der Waals surface area contributed by atoms with E-state index in [0.717, 1.165) is 0 Å². The summed E-state index contributed by atoms with van der Waals surface area (Å²) < 4.78 is 4.70. The van der Waals surface area contributed by atoms with Crippen molar-refractivity contribution in [2.24, 2.45) is 0 Å². The monoisotopic (exact) mass is 196 g/mol. The molecule has 0 bridgehead atoms. The lowest BCUT2D eigenvalue weighted by molar-refractivity contribution is -0.286. The SMILES string of the molecule is CC1OC(O)C(O)C(O)C1(O)S. The number of aliphatic hydroxyl groups excluding tert-OH is 3. The van der Waals surface area contributed by atoms with Crippen molar-refractivity contribution < 1.29 is 25.2 Å². The number of rotatable bonds is 0. The van der Waals surface area contributed by atoms with Gasteiger partial charge in [0.05, 0.1) is 6.10 Å². The van der Waals surface area contributed by atoms with Crippen LogP contribution in [0.4, 0.5) is 0 Å². The first kappa shape index (κ1) is 10.2. The van der Waals surface area contributed by atoms with Gasteiger partial charge >= 0.3 is 0 Å². The van der Waals surface area contributed by atoms with E-state index in [-0.39, 0.29) is 0 Å². The summed E-state index contributed by atoms with van der Waals surface area (Å²) in [6.45, 7) is 1.44. The minimum absolute atomic E-state index is 0.853. The zero-order chi connectivity index (χ0) is 9.52. The van der Waals surface area contributed by atoms with Crippen molar-refractivity contribution in [2.75, 3.05) is 0 Å². The molecule has 0 aromatic carbocycles. The summed E-state index contributed by atoms with van der Waals surface area (Å²) in [6, 6.07) is 0. The largest absolute Gasteiger partial charge is 0.386 e. The maximum absolute atomic E-state index is 9.42. The predicted molar refractivity (Wildman–Crippen MR) is 42.5 cm³/mol. The zero-order valence-electron chi connectivity index (χ0n) is 6.45. The molecule has 5 nitrogen and oxygen atoms in total. The Morgan fingerprint density at radius 1 is 1.33 bits per heavy atom. The minimum Gasteiger partial charge on any atom is -0.386 e. The molecule has 1 saturated heterocycles. The number of hydrogen-bond donors (Lipinski definition) is 5.